The van der Waals surface area contributed by atoms with Crippen molar-refractivity contribution in [3.8, 4) is 0 Å². The molecule has 0 aromatic heterocycles. The van der Waals surface area contributed by atoms with Crippen molar-refractivity contribution in [2.75, 3.05) is 38.1 Å². The van der Waals surface area contributed by atoms with Crippen LogP contribution in [0.2, 0.25) is 0 Å². The minimum Gasteiger partial charge on any atom is -0.365 e. The molecule has 1 aromatic rings. The lowest BCUT2D eigenvalue weighted by Crippen LogP contribution is -2.55. The van der Waals surface area contributed by atoms with Gasteiger partial charge in [-0.05, 0) is 49.7 Å². The van der Waals surface area contributed by atoms with E-state index in [1.807, 2.05) is 47.2 Å². The maximum Gasteiger partial charge on any atom is 0.242 e. The Kier molecular flexibility index (Phi) is 5.61. The molecule has 3 aliphatic rings. The van der Waals surface area contributed by atoms with Gasteiger partial charge in [-0.2, -0.15) is 0 Å². The second-order valence-electron chi connectivity index (χ2n) is 9.03. The fraction of sp³-hybridized carbons (Fsp3) is 0.652. The Balaban J connectivity index is 1.32. The van der Waals surface area contributed by atoms with Crippen molar-refractivity contribution in [1.82, 2.24) is 9.80 Å². The highest BCUT2D eigenvalue weighted by Gasteiger charge is 2.43. The van der Waals surface area contributed by atoms with Gasteiger partial charge < -0.3 is 14.7 Å². The molecule has 1 aromatic carbocycles. The average molecular weight is 384 g/mol. The van der Waals surface area contributed by atoms with Crippen molar-refractivity contribution in [3.05, 3.63) is 30.3 Å². The molecule has 4 rings (SSSR count). The number of likely N-dealkylation sites (N-methyl/N-ethyl adjacent to an activating group) is 1. The van der Waals surface area contributed by atoms with E-state index in [2.05, 4.69) is 4.90 Å². The van der Waals surface area contributed by atoms with Gasteiger partial charge in [-0.25, -0.2) is 0 Å². The number of para-hydroxylation sites is 1. The molecule has 0 N–H and O–H groups in total. The van der Waals surface area contributed by atoms with Gasteiger partial charge in [0.2, 0.25) is 11.8 Å². The summed E-state index contributed by atoms with van der Waals surface area (Å²) in [5.74, 6) is 0.571. The standard InChI is InChI=1S/C23H33N3O2/c1-24(19-7-3-2-4-8-19)17-22(28)25-15-13-23(14-16-25)12-11-21(27)26(18-23)20-9-5-6-10-20/h2-4,7-8,20H,5-6,9-18H2,1H3. The van der Waals surface area contributed by atoms with Crippen LogP contribution in [-0.2, 0) is 9.59 Å². The molecular weight excluding hydrogens is 350 g/mol. The fourth-order valence-electron chi connectivity index (χ4n) is 5.31. The van der Waals surface area contributed by atoms with E-state index in [4.69, 9.17) is 0 Å². The van der Waals surface area contributed by atoms with Gasteiger partial charge in [0.15, 0.2) is 0 Å². The normalized spacial score (nSPS) is 22.7. The van der Waals surface area contributed by atoms with Crippen LogP contribution in [0.25, 0.3) is 0 Å². The van der Waals surface area contributed by atoms with E-state index in [0.717, 1.165) is 44.6 Å². The highest BCUT2D eigenvalue weighted by Crippen LogP contribution is 2.42. The minimum atomic E-state index is 0.209. The third-order valence-electron chi connectivity index (χ3n) is 7.21. The van der Waals surface area contributed by atoms with Crippen LogP contribution in [0.15, 0.2) is 30.3 Å². The number of carbonyl (C=O) groups excluding carboxylic acids is 2. The molecule has 1 aliphatic carbocycles. The van der Waals surface area contributed by atoms with Crippen molar-refractivity contribution in [1.29, 1.82) is 0 Å². The first kappa shape index (κ1) is 19.3. The molecule has 5 nitrogen and oxygen atoms in total. The molecule has 0 bridgehead atoms. The molecule has 152 valence electrons. The van der Waals surface area contributed by atoms with Gasteiger partial charge in [-0.3, -0.25) is 9.59 Å². The van der Waals surface area contributed by atoms with Crippen molar-refractivity contribution in [3.63, 3.8) is 0 Å². The summed E-state index contributed by atoms with van der Waals surface area (Å²) >= 11 is 0. The van der Waals surface area contributed by atoms with Crippen LogP contribution in [0.3, 0.4) is 0 Å². The van der Waals surface area contributed by atoms with E-state index in [1.165, 1.54) is 25.7 Å². The van der Waals surface area contributed by atoms with Crippen LogP contribution < -0.4 is 4.90 Å². The second-order valence-corrected chi connectivity index (χ2v) is 9.03. The number of nitrogens with zero attached hydrogens (tertiary/aromatic N) is 3. The van der Waals surface area contributed by atoms with Crippen molar-refractivity contribution in [2.24, 2.45) is 5.41 Å². The largest absolute Gasteiger partial charge is 0.365 e. The number of rotatable bonds is 4. The maximum absolute atomic E-state index is 12.8. The molecule has 2 amide bonds. The molecule has 0 atom stereocenters. The first-order valence-corrected chi connectivity index (χ1v) is 10.9. The average Bonchev–Trinajstić information content (AvgIpc) is 3.26. The number of hydrogen-bond donors (Lipinski definition) is 0. The third-order valence-corrected chi connectivity index (χ3v) is 7.21. The van der Waals surface area contributed by atoms with Crippen LogP contribution in [0.5, 0.6) is 0 Å². The zero-order valence-electron chi connectivity index (χ0n) is 17.1. The number of anilines is 1. The molecule has 0 unspecified atom stereocenters. The summed E-state index contributed by atoms with van der Waals surface area (Å²) in [4.78, 5) is 31.5. The van der Waals surface area contributed by atoms with Crippen LogP contribution >= 0.6 is 0 Å². The smallest absolute Gasteiger partial charge is 0.242 e. The highest BCUT2D eigenvalue weighted by atomic mass is 16.2. The Bertz CT molecular complexity index is 691. The monoisotopic (exact) mass is 383 g/mol. The van der Waals surface area contributed by atoms with Gasteiger partial charge in [0, 0.05) is 44.8 Å². The number of likely N-dealkylation sites (tertiary alicyclic amines) is 2. The topological polar surface area (TPSA) is 43.9 Å². The summed E-state index contributed by atoms with van der Waals surface area (Å²) in [6, 6.07) is 10.5. The Labute approximate surface area is 168 Å². The summed E-state index contributed by atoms with van der Waals surface area (Å²) in [7, 11) is 1.98. The highest BCUT2D eigenvalue weighted by molar-refractivity contribution is 5.81. The number of piperidine rings is 2. The summed E-state index contributed by atoms with van der Waals surface area (Å²) in [5, 5.41) is 0. The van der Waals surface area contributed by atoms with Gasteiger partial charge in [0.25, 0.3) is 0 Å². The second kappa shape index (κ2) is 8.14. The van der Waals surface area contributed by atoms with Crippen LogP contribution in [-0.4, -0.2) is 60.9 Å². The molecule has 28 heavy (non-hydrogen) atoms. The molecule has 2 aliphatic heterocycles. The van der Waals surface area contributed by atoms with E-state index in [0.29, 0.717) is 24.9 Å². The molecule has 0 radical (unpaired) electrons. The van der Waals surface area contributed by atoms with E-state index >= 15 is 0 Å². The maximum atomic E-state index is 12.8. The summed E-state index contributed by atoms with van der Waals surface area (Å²) < 4.78 is 0. The zero-order valence-corrected chi connectivity index (χ0v) is 17.1. The van der Waals surface area contributed by atoms with Gasteiger partial charge in [0.05, 0.1) is 6.54 Å². The third kappa shape index (κ3) is 4.03. The van der Waals surface area contributed by atoms with Gasteiger partial charge in [-0.15, -0.1) is 0 Å². The Morgan fingerprint density at radius 1 is 1.11 bits per heavy atom. The first-order valence-electron chi connectivity index (χ1n) is 10.9. The lowest BCUT2D eigenvalue weighted by atomic mass is 9.72. The number of hydrogen-bond acceptors (Lipinski definition) is 3. The lowest BCUT2D eigenvalue weighted by molar-refractivity contribution is -0.144. The molecule has 5 heteroatoms. The predicted octanol–water partition coefficient (Wildman–Crippen LogP) is 3.30. The van der Waals surface area contributed by atoms with Gasteiger partial charge in [-0.1, -0.05) is 31.0 Å². The minimum absolute atomic E-state index is 0.209. The lowest BCUT2D eigenvalue weighted by Gasteiger charge is -2.49. The molecule has 1 spiro atoms. The Morgan fingerprint density at radius 3 is 2.46 bits per heavy atom. The number of benzene rings is 1. The molecule has 3 fully saturated rings. The van der Waals surface area contributed by atoms with E-state index in [9.17, 15) is 9.59 Å². The number of carbonyl (C=O) groups is 2. The van der Waals surface area contributed by atoms with Crippen LogP contribution in [0.4, 0.5) is 5.69 Å². The first-order chi connectivity index (χ1) is 13.6. The van der Waals surface area contributed by atoms with E-state index < -0.39 is 0 Å². The van der Waals surface area contributed by atoms with Crippen LogP contribution in [0, 0.1) is 5.41 Å². The van der Waals surface area contributed by atoms with E-state index in [1.54, 1.807) is 0 Å². The van der Waals surface area contributed by atoms with E-state index in [-0.39, 0.29) is 11.3 Å². The summed E-state index contributed by atoms with van der Waals surface area (Å²) in [6.07, 6.45) is 8.64. The predicted molar refractivity (Wildman–Crippen MR) is 111 cm³/mol. The summed E-state index contributed by atoms with van der Waals surface area (Å²) in [5.41, 5.74) is 1.31. The Hall–Kier alpha value is -2.04. The summed E-state index contributed by atoms with van der Waals surface area (Å²) in [6.45, 7) is 2.99. The van der Waals surface area contributed by atoms with Crippen molar-refractivity contribution >= 4 is 17.5 Å². The van der Waals surface area contributed by atoms with Gasteiger partial charge >= 0.3 is 0 Å². The quantitative estimate of drug-likeness (QED) is 0.801. The van der Waals surface area contributed by atoms with Crippen molar-refractivity contribution in [2.45, 2.75) is 57.4 Å². The zero-order chi connectivity index (χ0) is 19.6. The molecule has 1 saturated carbocycles. The van der Waals surface area contributed by atoms with Gasteiger partial charge in [0.1, 0.15) is 0 Å². The SMILES string of the molecule is CN(CC(=O)N1CCC2(CCC(=O)N(C3CCCC3)C2)CC1)c1ccccc1. The number of amides is 2. The fourth-order valence-corrected chi connectivity index (χ4v) is 5.31. The Morgan fingerprint density at radius 2 is 1.79 bits per heavy atom. The van der Waals surface area contributed by atoms with Crippen LogP contribution in [0.1, 0.15) is 51.4 Å². The molecule has 2 saturated heterocycles. The van der Waals surface area contributed by atoms with Crippen molar-refractivity contribution < 1.29 is 9.59 Å². The molecular formula is C23H33N3O2. The molecule has 2 heterocycles.